The highest BCUT2D eigenvalue weighted by Crippen LogP contribution is 2.76. The van der Waals surface area contributed by atoms with Crippen LogP contribution in [0.5, 0.6) is 11.5 Å². The van der Waals surface area contributed by atoms with Gasteiger partial charge in [0.25, 0.3) is 0 Å². The van der Waals surface area contributed by atoms with E-state index in [1.807, 2.05) is 18.2 Å². The third-order valence-corrected chi connectivity index (χ3v) is 9.87. The molecule has 6 atom stereocenters. The van der Waals surface area contributed by atoms with E-state index < -0.39 is 5.60 Å². The second-order valence-electron chi connectivity index (χ2n) is 10.6. The summed E-state index contributed by atoms with van der Waals surface area (Å²) >= 11 is 0. The van der Waals surface area contributed by atoms with Crippen LogP contribution in [0.1, 0.15) is 36.0 Å². The lowest BCUT2D eigenvalue weighted by Gasteiger charge is -2.66. The van der Waals surface area contributed by atoms with Crippen LogP contribution in [-0.4, -0.2) is 50.0 Å². The molecule has 1 saturated carbocycles. The minimum Gasteiger partial charge on any atom is -0.497 e. The van der Waals surface area contributed by atoms with E-state index in [0.717, 1.165) is 55.0 Å². The molecule has 3 aliphatic carbocycles. The van der Waals surface area contributed by atoms with Crippen LogP contribution in [0.3, 0.4) is 0 Å². The van der Waals surface area contributed by atoms with Crippen molar-refractivity contribution in [3.63, 3.8) is 0 Å². The van der Waals surface area contributed by atoms with Crippen molar-refractivity contribution in [3.8, 4) is 11.5 Å². The lowest BCUT2D eigenvalue weighted by Crippen LogP contribution is -2.72. The Morgan fingerprint density at radius 2 is 1.85 bits per heavy atom. The van der Waals surface area contributed by atoms with Crippen LogP contribution in [-0.2, 0) is 22.2 Å². The third kappa shape index (κ3) is 2.04. The summed E-state index contributed by atoms with van der Waals surface area (Å²) in [6.45, 7) is 1.01. The number of nitrogens with zero attached hydrogens (tertiary/aromatic N) is 1. The fourth-order valence-electron chi connectivity index (χ4n) is 8.68. The normalized spacial score (nSPS) is 39.9. The summed E-state index contributed by atoms with van der Waals surface area (Å²) in [5, 5.41) is 12.4. The molecule has 2 aromatic rings. The van der Waals surface area contributed by atoms with Crippen molar-refractivity contribution in [2.24, 2.45) is 11.3 Å². The first-order valence-electron chi connectivity index (χ1n) is 12.1. The van der Waals surface area contributed by atoms with E-state index in [4.69, 9.17) is 14.2 Å². The average molecular weight is 446 g/mol. The predicted molar refractivity (Wildman–Crippen MR) is 124 cm³/mol. The van der Waals surface area contributed by atoms with Crippen molar-refractivity contribution in [2.75, 3.05) is 27.8 Å². The van der Waals surface area contributed by atoms with Crippen LogP contribution < -0.4 is 9.47 Å². The number of hydrogen-bond donors (Lipinski definition) is 1. The van der Waals surface area contributed by atoms with Gasteiger partial charge in [0.2, 0.25) is 0 Å². The molecule has 172 valence electrons. The van der Waals surface area contributed by atoms with Gasteiger partial charge in [0.1, 0.15) is 5.76 Å². The van der Waals surface area contributed by atoms with Crippen LogP contribution >= 0.6 is 0 Å². The lowest BCUT2D eigenvalue weighted by atomic mass is 9.41. The number of likely N-dealkylation sites (tertiary alicyclic amines) is 1. The van der Waals surface area contributed by atoms with E-state index >= 15 is 0 Å². The van der Waals surface area contributed by atoms with Crippen molar-refractivity contribution >= 4 is 0 Å². The molecule has 2 heterocycles. The summed E-state index contributed by atoms with van der Waals surface area (Å²) in [7, 11) is 5.72. The number of methoxy groups -OCH3 is 2. The average Bonchev–Trinajstić information content (AvgIpc) is 3.35. The molecule has 2 aliphatic heterocycles. The third-order valence-electron chi connectivity index (χ3n) is 9.87. The van der Waals surface area contributed by atoms with Gasteiger partial charge in [-0.15, -0.1) is 0 Å². The van der Waals surface area contributed by atoms with E-state index in [1.165, 1.54) is 11.1 Å². The molecule has 0 radical (unpaired) electrons. The maximum Gasteiger partial charge on any atom is 0.166 e. The quantitative estimate of drug-likeness (QED) is 0.779. The van der Waals surface area contributed by atoms with E-state index in [1.54, 1.807) is 14.2 Å². The molecule has 1 saturated heterocycles. The molecule has 5 aliphatic rings. The molecule has 2 fully saturated rings. The zero-order chi connectivity index (χ0) is 22.6. The molecule has 2 bridgehead atoms. The second-order valence-corrected chi connectivity index (χ2v) is 10.6. The van der Waals surface area contributed by atoms with Crippen LogP contribution in [0, 0.1) is 11.3 Å². The van der Waals surface area contributed by atoms with Crippen molar-refractivity contribution in [2.45, 2.75) is 48.8 Å². The molecule has 5 nitrogen and oxygen atoms in total. The lowest BCUT2D eigenvalue weighted by molar-refractivity contribution is -0.141. The Kier molecular flexibility index (Phi) is 3.82. The topological polar surface area (TPSA) is 51.2 Å². The molecular formula is C28H31NO4. The summed E-state index contributed by atoms with van der Waals surface area (Å²) < 4.78 is 18.6. The minimum atomic E-state index is -0.932. The van der Waals surface area contributed by atoms with Crippen LogP contribution in [0.25, 0.3) is 0 Å². The van der Waals surface area contributed by atoms with Crippen molar-refractivity contribution in [1.82, 2.24) is 4.90 Å². The monoisotopic (exact) mass is 445 g/mol. The first kappa shape index (κ1) is 19.9. The van der Waals surface area contributed by atoms with E-state index in [-0.39, 0.29) is 22.9 Å². The van der Waals surface area contributed by atoms with Crippen LogP contribution in [0.15, 0.2) is 54.3 Å². The maximum atomic E-state index is 12.4. The fourth-order valence-corrected chi connectivity index (χ4v) is 8.68. The van der Waals surface area contributed by atoms with Crippen LogP contribution in [0.2, 0.25) is 0 Å². The number of piperidine rings is 1. The van der Waals surface area contributed by atoms with Gasteiger partial charge in [-0.25, -0.2) is 0 Å². The highest BCUT2D eigenvalue weighted by atomic mass is 16.6. The predicted octanol–water partition coefficient (Wildman–Crippen LogP) is 3.78. The highest BCUT2D eigenvalue weighted by molar-refractivity contribution is 5.64. The van der Waals surface area contributed by atoms with Gasteiger partial charge in [-0.05, 0) is 62.5 Å². The molecule has 0 unspecified atom stereocenters. The first-order chi connectivity index (χ1) is 16.0. The Morgan fingerprint density at radius 1 is 1.03 bits per heavy atom. The standard InChI is InChI=1S/C28H31NO4/c1-29-14-13-27-23-17-9-10-19(31-2)24(23)33-25(27)20(32-3)16-21-26(27,22(29)15-17)11-12-28(21,30)18-7-5-4-6-8-18/h4-10,16,21-22,25,30H,11-15H2,1-3H3/t21-,22-,25-,26-,27-,28+/m0/s1. The maximum absolute atomic E-state index is 12.4. The summed E-state index contributed by atoms with van der Waals surface area (Å²) in [6, 6.07) is 14.9. The highest BCUT2D eigenvalue weighted by Gasteiger charge is 2.78. The number of hydrogen-bond acceptors (Lipinski definition) is 5. The molecule has 5 heteroatoms. The minimum absolute atomic E-state index is 0.0553. The van der Waals surface area contributed by atoms with Gasteiger partial charge < -0.3 is 24.2 Å². The zero-order valence-corrected chi connectivity index (χ0v) is 19.5. The summed E-state index contributed by atoms with van der Waals surface area (Å²) in [5.41, 5.74) is 2.39. The van der Waals surface area contributed by atoms with E-state index in [9.17, 15) is 5.11 Å². The second kappa shape index (κ2) is 6.34. The molecule has 2 aromatic carbocycles. The number of benzene rings is 2. The molecule has 0 amide bonds. The Morgan fingerprint density at radius 3 is 2.61 bits per heavy atom. The van der Waals surface area contributed by atoms with Gasteiger partial charge in [0.15, 0.2) is 17.6 Å². The molecule has 1 N–H and O–H groups in total. The van der Waals surface area contributed by atoms with Gasteiger partial charge in [-0.3, -0.25) is 0 Å². The summed E-state index contributed by atoms with van der Waals surface area (Å²) in [6.07, 6.45) is 5.69. The Balaban J connectivity index is 1.55. The van der Waals surface area contributed by atoms with Gasteiger partial charge in [-0.2, -0.15) is 0 Å². The van der Waals surface area contributed by atoms with Gasteiger partial charge in [0, 0.05) is 22.9 Å². The smallest absolute Gasteiger partial charge is 0.166 e. The molecule has 7 rings (SSSR count). The fraction of sp³-hybridized carbons (Fsp3) is 0.500. The van der Waals surface area contributed by atoms with Crippen molar-refractivity contribution in [3.05, 3.63) is 71.0 Å². The van der Waals surface area contributed by atoms with Crippen LogP contribution in [0.4, 0.5) is 0 Å². The Hall–Kier alpha value is -2.50. The van der Waals surface area contributed by atoms with E-state index in [0.29, 0.717) is 6.04 Å². The summed E-state index contributed by atoms with van der Waals surface area (Å²) in [4.78, 5) is 2.54. The SMILES string of the molecule is COC1=C[C@H]2[C@@]3(CC[C@@]2(O)c2ccccc2)[C@@H]2Cc4ccc(OC)c5c4[C@@]3(CCN2C)[C@H]1O5. The molecule has 33 heavy (non-hydrogen) atoms. The Bertz CT molecular complexity index is 1180. The van der Waals surface area contributed by atoms with Gasteiger partial charge in [0.05, 0.1) is 25.2 Å². The number of likely N-dealkylation sites (N-methyl/N-ethyl adjacent to an activating group) is 1. The number of rotatable bonds is 3. The first-order valence-corrected chi connectivity index (χ1v) is 12.1. The largest absolute Gasteiger partial charge is 0.497 e. The number of ether oxygens (including phenoxy) is 3. The van der Waals surface area contributed by atoms with Gasteiger partial charge in [-0.1, -0.05) is 36.4 Å². The molecule has 0 aromatic heterocycles. The Labute approximate surface area is 195 Å². The van der Waals surface area contributed by atoms with E-state index in [2.05, 4.69) is 42.3 Å². The van der Waals surface area contributed by atoms with Crippen molar-refractivity contribution < 1.29 is 19.3 Å². The molecule has 2 spiro atoms. The van der Waals surface area contributed by atoms with Gasteiger partial charge >= 0.3 is 0 Å². The summed E-state index contributed by atoms with van der Waals surface area (Å²) in [5.74, 6) is 2.48. The van der Waals surface area contributed by atoms with Crippen molar-refractivity contribution in [1.29, 1.82) is 0 Å². The molecular weight excluding hydrogens is 414 g/mol. The zero-order valence-electron chi connectivity index (χ0n) is 19.5. The number of aliphatic hydroxyl groups is 1.